The first kappa shape index (κ1) is 18.3. The fourth-order valence-electron chi connectivity index (χ4n) is 2.00. The highest BCUT2D eigenvalue weighted by atomic mass is 32.1. The van der Waals surface area contributed by atoms with E-state index in [1.165, 1.54) is 24.3 Å². The van der Waals surface area contributed by atoms with E-state index in [0.29, 0.717) is 11.4 Å². The van der Waals surface area contributed by atoms with Gasteiger partial charge in [-0.05, 0) is 55.4 Å². The van der Waals surface area contributed by atoms with Gasteiger partial charge in [-0.1, -0.05) is 12.1 Å². The van der Waals surface area contributed by atoms with Crippen molar-refractivity contribution in [2.24, 2.45) is 0 Å². The zero-order chi connectivity index (χ0) is 18.4. The van der Waals surface area contributed by atoms with Gasteiger partial charge in [0.1, 0.15) is 5.75 Å². The minimum absolute atomic E-state index is 0.0255. The number of thiocarbonyl (C=S) groups is 1. The first-order valence-corrected chi connectivity index (χ1v) is 7.81. The number of nitro groups is 1. The van der Waals surface area contributed by atoms with Gasteiger partial charge >= 0.3 is 0 Å². The quantitative estimate of drug-likeness (QED) is 0.484. The van der Waals surface area contributed by atoms with E-state index in [2.05, 4.69) is 10.6 Å². The minimum Gasteiger partial charge on any atom is -0.483 e. The highest BCUT2D eigenvalue weighted by molar-refractivity contribution is 7.80. The third-order valence-corrected chi connectivity index (χ3v) is 3.50. The number of aryl methyl sites for hydroxylation is 2. The summed E-state index contributed by atoms with van der Waals surface area (Å²) in [6.07, 6.45) is 0. The molecule has 8 heteroatoms. The Hall–Kier alpha value is -3.00. The number of anilines is 1. The predicted molar refractivity (Wildman–Crippen MR) is 98.9 cm³/mol. The van der Waals surface area contributed by atoms with Crippen LogP contribution in [0.4, 0.5) is 11.4 Å². The molecule has 2 aromatic rings. The smallest absolute Gasteiger partial charge is 0.269 e. The summed E-state index contributed by atoms with van der Waals surface area (Å²) in [5.74, 6) is 0.240. The summed E-state index contributed by atoms with van der Waals surface area (Å²) in [4.78, 5) is 22.0. The van der Waals surface area contributed by atoms with Gasteiger partial charge in [-0.25, -0.2) is 0 Å². The molecule has 0 aromatic heterocycles. The molecular weight excluding hydrogens is 342 g/mol. The summed E-state index contributed by atoms with van der Waals surface area (Å²) in [6, 6.07) is 11.4. The Labute approximate surface area is 150 Å². The van der Waals surface area contributed by atoms with Gasteiger partial charge in [0.2, 0.25) is 0 Å². The van der Waals surface area contributed by atoms with Crippen LogP contribution in [0, 0.1) is 24.0 Å². The van der Waals surface area contributed by atoms with Crippen molar-refractivity contribution >= 4 is 34.6 Å². The zero-order valence-corrected chi connectivity index (χ0v) is 14.6. The number of carbonyl (C=O) groups is 1. The van der Waals surface area contributed by atoms with Gasteiger partial charge < -0.3 is 10.1 Å². The van der Waals surface area contributed by atoms with Gasteiger partial charge in [0.15, 0.2) is 11.7 Å². The number of ether oxygens (including phenoxy) is 1. The van der Waals surface area contributed by atoms with Gasteiger partial charge in [0, 0.05) is 17.8 Å². The van der Waals surface area contributed by atoms with Gasteiger partial charge in [-0.15, -0.1) is 0 Å². The molecule has 0 saturated carbocycles. The van der Waals surface area contributed by atoms with E-state index >= 15 is 0 Å². The van der Waals surface area contributed by atoms with Gasteiger partial charge in [0.05, 0.1) is 4.92 Å². The maximum Gasteiger partial charge on any atom is 0.269 e. The fourth-order valence-corrected chi connectivity index (χ4v) is 2.23. The summed E-state index contributed by atoms with van der Waals surface area (Å²) in [5, 5.41) is 16.0. The monoisotopic (exact) mass is 359 g/mol. The van der Waals surface area contributed by atoms with Crippen LogP contribution in [-0.2, 0) is 4.79 Å². The molecular formula is C17H17N3O4S. The molecule has 2 N–H and O–H groups in total. The molecule has 0 fully saturated rings. The van der Waals surface area contributed by atoms with Crippen LogP contribution in [0.1, 0.15) is 11.1 Å². The van der Waals surface area contributed by atoms with Crippen LogP contribution in [0.3, 0.4) is 0 Å². The van der Waals surface area contributed by atoms with E-state index in [9.17, 15) is 14.9 Å². The van der Waals surface area contributed by atoms with Gasteiger partial charge in [0.25, 0.3) is 11.6 Å². The zero-order valence-electron chi connectivity index (χ0n) is 13.7. The largest absolute Gasteiger partial charge is 0.483 e. The number of carbonyl (C=O) groups excluding carboxylic acids is 1. The number of amides is 1. The maximum atomic E-state index is 11.9. The molecule has 0 radical (unpaired) electrons. The van der Waals surface area contributed by atoms with Gasteiger partial charge in [-0.2, -0.15) is 0 Å². The number of non-ortho nitro benzene ring substituents is 1. The van der Waals surface area contributed by atoms with Crippen LogP contribution in [0.25, 0.3) is 0 Å². The standard InChI is InChI=1S/C17H17N3O4S/c1-11-3-4-12(2)15(9-11)24-10-16(21)19-17(25)18-13-5-7-14(8-6-13)20(22)23/h3-9H,10H2,1-2H3,(H2,18,19,21,25). The first-order valence-electron chi connectivity index (χ1n) is 7.40. The van der Waals surface area contributed by atoms with Crippen LogP contribution in [0.5, 0.6) is 5.75 Å². The first-order chi connectivity index (χ1) is 11.8. The molecule has 2 rings (SSSR count). The second kappa shape index (κ2) is 8.20. The van der Waals surface area contributed by atoms with Crippen molar-refractivity contribution < 1.29 is 14.5 Å². The predicted octanol–water partition coefficient (Wildman–Crippen LogP) is 3.10. The molecule has 0 heterocycles. The Kier molecular flexibility index (Phi) is 6.02. The third kappa shape index (κ3) is 5.54. The molecule has 2 aromatic carbocycles. The number of nitrogens with zero attached hydrogens (tertiary/aromatic N) is 1. The van der Waals surface area contributed by atoms with Crippen LogP contribution in [0.15, 0.2) is 42.5 Å². The summed E-state index contributed by atoms with van der Waals surface area (Å²) < 4.78 is 5.50. The van der Waals surface area contributed by atoms with Crippen molar-refractivity contribution in [3.8, 4) is 5.75 Å². The number of rotatable bonds is 5. The number of nitro benzene ring substituents is 1. The van der Waals surface area contributed by atoms with Crippen LogP contribution in [0.2, 0.25) is 0 Å². The second-order valence-electron chi connectivity index (χ2n) is 5.36. The van der Waals surface area contributed by atoms with E-state index in [-0.39, 0.29) is 17.4 Å². The van der Waals surface area contributed by atoms with Crippen molar-refractivity contribution in [2.45, 2.75) is 13.8 Å². The summed E-state index contributed by atoms with van der Waals surface area (Å²) in [7, 11) is 0. The van der Waals surface area contributed by atoms with E-state index in [4.69, 9.17) is 17.0 Å². The molecule has 25 heavy (non-hydrogen) atoms. The molecule has 0 bridgehead atoms. The van der Waals surface area contributed by atoms with Crippen molar-refractivity contribution in [1.82, 2.24) is 5.32 Å². The molecule has 0 unspecified atom stereocenters. The van der Waals surface area contributed by atoms with Gasteiger partial charge in [-0.3, -0.25) is 20.2 Å². The number of nitrogens with one attached hydrogen (secondary N) is 2. The molecule has 0 aliphatic heterocycles. The Bertz CT molecular complexity index is 806. The second-order valence-corrected chi connectivity index (χ2v) is 5.77. The highest BCUT2D eigenvalue weighted by Crippen LogP contribution is 2.19. The summed E-state index contributed by atoms with van der Waals surface area (Å²) in [6.45, 7) is 3.66. The van der Waals surface area contributed by atoms with E-state index in [1.807, 2.05) is 32.0 Å². The highest BCUT2D eigenvalue weighted by Gasteiger charge is 2.09. The topological polar surface area (TPSA) is 93.5 Å². The molecule has 0 aliphatic carbocycles. The van der Waals surface area contributed by atoms with Crippen LogP contribution >= 0.6 is 12.2 Å². The maximum absolute atomic E-state index is 11.9. The van der Waals surface area contributed by atoms with Crippen molar-refractivity contribution in [2.75, 3.05) is 11.9 Å². The molecule has 0 atom stereocenters. The molecule has 7 nitrogen and oxygen atoms in total. The lowest BCUT2D eigenvalue weighted by Gasteiger charge is -2.12. The molecule has 0 saturated heterocycles. The fraction of sp³-hybridized carbons (Fsp3) is 0.176. The number of hydrogen-bond acceptors (Lipinski definition) is 5. The average molecular weight is 359 g/mol. The van der Waals surface area contributed by atoms with Crippen molar-refractivity contribution in [3.05, 3.63) is 63.7 Å². The van der Waals surface area contributed by atoms with Crippen LogP contribution in [-0.4, -0.2) is 22.5 Å². The lowest BCUT2D eigenvalue weighted by molar-refractivity contribution is -0.384. The number of hydrogen-bond donors (Lipinski definition) is 2. The number of benzene rings is 2. The third-order valence-electron chi connectivity index (χ3n) is 3.29. The Morgan fingerprint density at radius 3 is 2.52 bits per heavy atom. The Balaban J connectivity index is 1.84. The van der Waals surface area contributed by atoms with E-state index in [1.54, 1.807) is 0 Å². The van der Waals surface area contributed by atoms with E-state index in [0.717, 1.165) is 11.1 Å². The summed E-state index contributed by atoms with van der Waals surface area (Å²) in [5.41, 5.74) is 2.48. The lowest BCUT2D eigenvalue weighted by Crippen LogP contribution is -2.37. The van der Waals surface area contributed by atoms with E-state index < -0.39 is 10.8 Å². The van der Waals surface area contributed by atoms with Crippen molar-refractivity contribution in [1.29, 1.82) is 0 Å². The SMILES string of the molecule is Cc1ccc(C)c(OCC(=O)NC(=S)Nc2ccc([N+](=O)[O-])cc2)c1. The molecule has 0 spiro atoms. The summed E-state index contributed by atoms with van der Waals surface area (Å²) >= 11 is 5.04. The molecule has 0 aliphatic rings. The normalized spacial score (nSPS) is 10.0. The lowest BCUT2D eigenvalue weighted by atomic mass is 10.1. The Morgan fingerprint density at radius 2 is 1.88 bits per heavy atom. The molecule has 1 amide bonds. The average Bonchev–Trinajstić information content (AvgIpc) is 2.56. The minimum atomic E-state index is -0.492. The Morgan fingerprint density at radius 1 is 1.20 bits per heavy atom. The molecule has 130 valence electrons. The van der Waals surface area contributed by atoms with Crippen LogP contribution < -0.4 is 15.4 Å². The van der Waals surface area contributed by atoms with Crippen molar-refractivity contribution in [3.63, 3.8) is 0 Å².